The topological polar surface area (TPSA) is 30.5 Å². The third kappa shape index (κ3) is 6.29. The number of methoxy groups -OCH3 is 1. The summed E-state index contributed by atoms with van der Waals surface area (Å²) in [7, 11) is 1.67. The fourth-order valence-corrected chi connectivity index (χ4v) is 1.45. The molecule has 0 aromatic heterocycles. The first kappa shape index (κ1) is 14.0. The van der Waals surface area contributed by atoms with E-state index in [1.807, 2.05) is 24.3 Å². The molecule has 0 radical (unpaired) electrons. The molecule has 96 valence electrons. The minimum atomic E-state index is 0.660. The minimum Gasteiger partial charge on any atom is -0.497 e. The second kappa shape index (κ2) is 8.09. The van der Waals surface area contributed by atoms with E-state index in [0.717, 1.165) is 25.4 Å². The molecular weight excluding hydrogens is 214 g/mol. The van der Waals surface area contributed by atoms with Gasteiger partial charge in [-0.1, -0.05) is 26.0 Å². The van der Waals surface area contributed by atoms with Crippen LogP contribution in [0.15, 0.2) is 24.3 Å². The van der Waals surface area contributed by atoms with Gasteiger partial charge in [0.05, 0.1) is 20.3 Å². The Morgan fingerprint density at radius 3 is 2.47 bits per heavy atom. The van der Waals surface area contributed by atoms with E-state index in [1.54, 1.807) is 7.11 Å². The number of benzene rings is 1. The second-order valence-electron chi connectivity index (χ2n) is 4.50. The molecule has 1 rings (SSSR count). The zero-order valence-corrected chi connectivity index (χ0v) is 11.0. The average Bonchev–Trinajstić information content (AvgIpc) is 2.34. The number of hydrogen-bond acceptors (Lipinski definition) is 3. The maximum Gasteiger partial charge on any atom is 0.118 e. The molecule has 0 fully saturated rings. The quantitative estimate of drug-likeness (QED) is 0.704. The molecule has 0 aliphatic heterocycles. The SMILES string of the molecule is COc1ccc(COCCNCC(C)C)cc1. The van der Waals surface area contributed by atoms with Crippen molar-refractivity contribution in [3.63, 3.8) is 0 Å². The molecule has 1 N–H and O–H groups in total. The molecule has 0 unspecified atom stereocenters. The van der Waals surface area contributed by atoms with Gasteiger partial charge in [-0.2, -0.15) is 0 Å². The predicted molar refractivity (Wildman–Crippen MR) is 70.4 cm³/mol. The van der Waals surface area contributed by atoms with Crippen molar-refractivity contribution < 1.29 is 9.47 Å². The Morgan fingerprint density at radius 1 is 1.18 bits per heavy atom. The largest absolute Gasteiger partial charge is 0.497 e. The molecule has 3 heteroatoms. The Labute approximate surface area is 104 Å². The van der Waals surface area contributed by atoms with Gasteiger partial charge in [-0.15, -0.1) is 0 Å². The van der Waals surface area contributed by atoms with Crippen LogP contribution in [0.3, 0.4) is 0 Å². The first-order valence-electron chi connectivity index (χ1n) is 6.13. The van der Waals surface area contributed by atoms with Crippen molar-refractivity contribution in [2.45, 2.75) is 20.5 Å². The number of ether oxygens (including phenoxy) is 2. The molecule has 0 aliphatic rings. The lowest BCUT2D eigenvalue weighted by atomic mass is 10.2. The van der Waals surface area contributed by atoms with Gasteiger partial charge >= 0.3 is 0 Å². The summed E-state index contributed by atoms with van der Waals surface area (Å²) in [6, 6.07) is 7.96. The van der Waals surface area contributed by atoms with Gasteiger partial charge in [-0.25, -0.2) is 0 Å². The first-order valence-corrected chi connectivity index (χ1v) is 6.13. The smallest absolute Gasteiger partial charge is 0.118 e. The van der Waals surface area contributed by atoms with Crippen molar-refractivity contribution in [2.24, 2.45) is 5.92 Å². The molecule has 0 amide bonds. The Morgan fingerprint density at radius 2 is 1.88 bits per heavy atom. The van der Waals surface area contributed by atoms with Gasteiger partial charge in [-0.05, 0) is 30.2 Å². The molecule has 0 bridgehead atoms. The lowest BCUT2D eigenvalue weighted by molar-refractivity contribution is 0.122. The summed E-state index contributed by atoms with van der Waals surface area (Å²) in [4.78, 5) is 0. The summed E-state index contributed by atoms with van der Waals surface area (Å²) < 4.78 is 10.7. The maximum absolute atomic E-state index is 5.57. The normalized spacial score (nSPS) is 10.8. The monoisotopic (exact) mass is 237 g/mol. The van der Waals surface area contributed by atoms with Gasteiger partial charge < -0.3 is 14.8 Å². The van der Waals surface area contributed by atoms with Crippen LogP contribution in [-0.4, -0.2) is 26.8 Å². The molecule has 0 spiro atoms. The summed E-state index contributed by atoms with van der Waals surface area (Å²) in [5, 5.41) is 3.34. The van der Waals surface area contributed by atoms with Gasteiger partial charge in [0.15, 0.2) is 0 Å². The van der Waals surface area contributed by atoms with Crippen molar-refractivity contribution in [3.8, 4) is 5.75 Å². The van der Waals surface area contributed by atoms with E-state index in [-0.39, 0.29) is 0 Å². The zero-order chi connectivity index (χ0) is 12.5. The summed E-state index contributed by atoms with van der Waals surface area (Å²) in [6.07, 6.45) is 0. The first-order chi connectivity index (χ1) is 8.22. The van der Waals surface area contributed by atoms with E-state index in [1.165, 1.54) is 5.56 Å². The van der Waals surface area contributed by atoms with E-state index in [9.17, 15) is 0 Å². The highest BCUT2D eigenvalue weighted by atomic mass is 16.5. The summed E-state index contributed by atoms with van der Waals surface area (Å²) >= 11 is 0. The van der Waals surface area contributed by atoms with Gasteiger partial charge in [0.2, 0.25) is 0 Å². The van der Waals surface area contributed by atoms with E-state index < -0.39 is 0 Å². The van der Waals surface area contributed by atoms with Crippen LogP contribution in [0.2, 0.25) is 0 Å². The molecule has 0 saturated heterocycles. The van der Waals surface area contributed by atoms with E-state index in [2.05, 4.69) is 19.2 Å². The maximum atomic E-state index is 5.57. The molecule has 0 aliphatic carbocycles. The molecule has 1 aromatic rings. The highest BCUT2D eigenvalue weighted by molar-refractivity contribution is 5.26. The molecule has 17 heavy (non-hydrogen) atoms. The highest BCUT2D eigenvalue weighted by Gasteiger charge is 1.95. The molecule has 0 atom stereocenters. The number of hydrogen-bond donors (Lipinski definition) is 1. The molecule has 1 aromatic carbocycles. The van der Waals surface area contributed by atoms with E-state index >= 15 is 0 Å². The molecular formula is C14H23NO2. The van der Waals surface area contributed by atoms with Crippen LogP contribution in [0.4, 0.5) is 0 Å². The molecule has 3 nitrogen and oxygen atoms in total. The van der Waals surface area contributed by atoms with Crippen LogP contribution in [0.5, 0.6) is 5.75 Å². The second-order valence-corrected chi connectivity index (χ2v) is 4.50. The zero-order valence-electron chi connectivity index (χ0n) is 11.0. The Balaban J connectivity index is 2.09. The third-order valence-corrected chi connectivity index (χ3v) is 2.40. The molecule has 0 saturated carbocycles. The standard InChI is InChI=1S/C14H23NO2/c1-12(2)10-15-8-9-17-11-13-4-6-14(16-3)7-5-13/h4-7,12,15H,8-11H2,1-3H3. The van der Waals surface area contributed by atoms with Crippen LogP contribution in [0, 0.1) is 5.92 Å². The van der Waals surface area contributed by atoms with E-state index in [0.29, 0.717) is 12.5 Å². The van der Waals surface area contributed by atoms with Crippen molar-refractivity contribution in [2.75, 3.05) is 26.8 Å². The van der Waals surface area contributed by atoms with Crippen molar-refractivity contribution >= 4 is 0 Å². The van der Waals surface area contributed by atoms with Gasteiger partial charge in [0.1, 0.15) is 5.75 Å². The highest BCUT2D eigenvalue weighted by Crippen LogP contribution is 2.11. The third-order valence-electron chi connectivity index (χ3n) is 2.40. The number of nitrogens with one attached hydrogen (secondary N) is 1. The van der Waals surface area contributed by atoms with Crippen LogP contribution in [0.1, 0.15) is 19.4 Å². The van der Waals surface area contributed by atoms with Gasteiger partial charge in [-0.3, -0.25) is 0 Å². The van der Waals surface area contributed by atoms with Crippen molar-refractivity contribution in [1.29, 1.82) is 0 Å². The lowest BCUT2D eigenvalue weighted by Gasteiger charge is -2.08. The van der Waals surface area contributed by atoms with Crippen LogP contribution >= 0.6 is 0 Å². The van der Waals surface area contributed by atoms with Crippen LogP contribution in [0.25, 0.3) is 0 Å². The van der Waals surface area contributed by atoms with Crippen molar-refractivity contribution in [3.05, 3.63) is 29.8 Å². The number of rotatable bonds is 8. The fraction of sp³-hybridized carbons (Fsp3) is 0.571. The summed E-state index contributed by atoms with van der Waals surface area (Å²) in [5.74, 6) is 1.57. The fourth-order valence-electron chi connectivity index (χ4n) is 1.45. The van der Waals surface area contributed by atoms with Crippen LogP contribution in [-0.2, 0) is 11.3 Å². The molecule has 0 heterocycles. The Bertz CT molecular complexity index is 296. The lowest BCUT2D eigenvalue weighted by Crippen LogP contribution is -2.23. The summed E-state index contributed by atoms with van der Waals surface area (Å²) in [5.41, 5.74) is 1.18. The average molecular weight is 237 g/mol. The van der Waals surface area contributed by atoms with Crippen LogP contribution < -0.4 is 10.1 Å². The van der Waals surface area contributed by atoms with Crippen molar-refractivity contribution in [1.82, 2.24) is 5.32 Å². The van der Waals surface area contributed by atoms with E-state index in [4.69, 9.17) is 9.47 Å². The van der Waals surface area contributed by atoms with Gasteiger partial charge in [0, 0.05) is 6.54 Å². The minimum absolute atomic E-state index is 0.660. The predicted octanol–water partition coefficient (Wildman–Crippen LogP) is 2.46. The Kier molecular flexibility index (Phi) is 6.67. The summed E-state index contributed by atoms with van der Waals surface area (Å²) in [6.45, 7) is 7.77. The Hall–Kier alpha value is -1.06. The van der Waals surface area contributed by atoms with Gasteiger partial charge in [0.25, 0.3) is 0 Å².